The van der Waals surface area contributed by atoms with Crippen LogP contribution in [0.3, 0.4) is 0 Å². The second kappa shape index (κ2) is 3.86. The minimum absolute atomic E-state index is 0.850. The van der Waals surface area contributed by atoms with Crippen LogP contribution >= 0.6 is 0 Å². The Morgan fingerprint density at radius 1 is 1.46 bits per heavy atom. The summed E-state index contributed by atoms with van der Waals surface area (Å²) in [6, 6.07) is 0. The molecule has 0 spiro atoms. The summed E-state index contributed by atoms with van der Waals surface area (Å²) in [6.07, 6.45) is 6.68. The second-order valence-electron chi connectivity index (χ2n) is 3.43. The smallest absolute Gasteiger partial charge is 0.263 e. The van der Waals surface area contributed by atoms with E-state index in [-0.39, 0.29) is 0 Å². The molecular formula is C9H15BN2O. The Hall–Kier alpha value is -0.925. The third kappa shape index (κ3) is 1.71. The minimum Gasteiger partial charge on any atom is -0.490 e. The second-order valence-corrected chi connectivity index (χ2v) is 3.43. The van der Waals surface area contributed by atoms with Crippen LogP contribution in [-0.4, -0.2) is 23.7 Å². The first-order chi connectivity index (χ1) is 6.42. The van der Waals surface area contributed by atoms with E-state index in [1.54, 1.807) is 0 Å². The van der Waals surface area contributed by atoms with Gasteiger partial charge in [-0.05, 0) is 25.7 Å². The molecule has 0 atom stereocenters. The van der Waals surface area contributed by atoms with Crippen molar-refractivity contribution in [3.63, 3.8) is 0 Å². The first-order valence-corrected chi connectivity index (χ1v) is 5.09. The maximum atomic E-state index is 5.63. The van der Waals surface area contributed by atoms with E-state index in [9.17, 15) is 0 Å². The molecule has 1 aliphatic rings. The first-order valence-electron chi connectivity index (χ1n) is 5.09. The molecule has 4 heteroatoms. The molecule has 1 aromatic rings. The lowest BCUT2D eigenvalue weighted by molar-refractivity contribution is 0.294. The van der Waals surface area contributed by atoms with Crippen LogP contribution in [-0.2, 0) is 6.42 Å². The monoisotopic (exact) mass is 178 g/mol. The lowest BCUT2D eigenvalue weighted by atomic mass is 9.99. The van der Waals surface area contributed by atoms with Gasteiger partial charge in [0.15, 0.2) is 5.75 Å². The van der Waals surface area contributed by atoms with Gasteiger partial charge < -0.3 is 9.33 Å². The van der Waals surface area contributed by atoms with Crippen LogP contribution < -0.4 is 4.74 Å². The van der Waals surface area contributed by atoms with Crippen molar-refractivity contribution < 1.29 is 4.74 Å². The summed E-state index contributed by atoms with van der Waals surface area (Å²) in [4.78, 5) is 0. The van der Waals surface area contributed by atoms with Crippen molar-refractivity contribution >= 4 is 7.41 Å². The molecule has 0 fully saturated rings. The molecule has 1 aliphatic heterocycles. The van der Waals surface area contributed by atoms with Crippen molar-refractivity contribution in [1.29, 1.82) is 0 Å². The predicted octanol–water partition coefficient (Wildman–Crippen LogP) is 1.24. The van der Waals surface area contributed by atoms with Crippen LogP contribution in [0.4, 0.5) is 0 Å². The Morgan fingerprint density at radius 3 is 3.23 bits per heavy atom. The molecule has 0 amide bonds. The zero-order valence-electron chi connectivity index (χ0n) is 8.12. The molecule has 0 bridgehead atoms. The number of ether oxygens (including phenoxy) is 1. The number of fused-ring (bicyclic) bond motifs is 1. The zero-order chi connectivity index (χ0) is 9.10. The normalized spacial score (nSPS) is 16.7. The highest BCUT2D eigenvalue weighted by atomic mass is 16.5. The molecule has 3 nitrogen and oxygen atoms in total. The summed E-state index contributed by atoms with van der Waals surface area (Å²) >= 11 is 0. The highest BCUT2D eigenvalue weighted by Crippen LogP contribution is 2.22. The van der Waals surface area contributed by atoms with Crippen molar-refractivity contribution in [2.45, 2.75) is 32.5 Å². The van der Waals surface area contributed by atoms with Gasteiger partial charge in [0.25, 0.3) is 7.41 Å². The lowest BCUT2D eigenvalue weighted by Gasteiger charge is -2.12. The Labute approximate surface area is 79.3 Å². The summed E-state index contributed by atoms with van der Waals surface area (Å²) in [5, 5.41) is 4.29. The quantitative estimate of drug-likeness (QED) is 0.605. The van der Waals surface area contributed by atoms with Gasteiger partial charge in [0, 0.05) is 0 Å². The lowest BCUT2D eigenvalue weighted by Crippen LogP contribution is -2.11. The van der Waals surface area contributed by atoms with Gasteiger partial charge in [-0.1, -0.05) is 6.82 Å². The molecule has 70 valence electrons. The molecule has 0 unspecified atom stereocenters. The molecule has 0 aromatic carbocycles. The highest BCUT2D eigenvalue weighted by Gasteiger charge is 2.12. The molecule has 0 N–H and O–H groups in total. The topological polar surface area (TPSA) is 27.1 Å². The molecule has 0 radical (unpaired) electrons. The SMILES string of the molecule is CBn1ncc2c1CCCCCO2. The predicted molar refractivity (Wildman–Crippen MR) is 53.7 cm³/mol. The van der Waals surface area contributed by atoms with Gasteiger partial charge in [-0.3, -0.25) is 0 Å². The Bertz CT molecular complexity index is 285. The van der Waals surface area contributed by atoms with Crippen LogP contribution in [0.15, 0.2) is 6.20 Å². The standard InChI is InChI=1S/C9H15BN2O/c1-10-12-8-5-3-2-4-6-13-9(8)7-11-12/h7,10H,2-6H2,1H3. The molecule has 2 heterocycles. The van der Waals surface area contributed by atoms with E-state index in [0.717, 1.165) is 26.2 Å². The van der Waals surface area contributed by atoms with E-state index in [2.05, 4.69) is 11.9 Å². The third-order valence-electron chi connectivity index (χ3n) is 2.53. The zero-order valence-corrected chi connectivity index (χ0v) is 8.12. The number of rotatable bonds is 1. The van der Waals surface area contributed by atoms with Gasteiger partial charge in [-0.25, -0.2) is 0 Å². The summed E-state index contributed by atoms with van der Waals surface area (Å²) in [6.45, 7) is 2.97. The fraction of sp³-hybridized carbons (Fsp3) is 0.667. The first kappa shape index (κ1) is 8.66. The molecular weight excluding hydrogens is 163 g/mol. The van der Waals surface area contributed by atoms with Gasteiger partial charge >= 0.3 is 0 Å². The summed E-state index contributed by atoms with van der Waals surface area (Å²) in [5.41, 5.74) is 1.28. The third-order valence-corrected chi connectivity index (χ3v) is 2.53. The van der Waals surface area contributed by atoms with E-state index >= 15 is 0 Å². The van der Waals surface area contributed by atoms with Gasteiger partial charge in [0.05, 0.1) is 18.5 Å². The fourth-order valence-corrected chi connectivity index (χ4v) is 1.79. The number of aromatic nitrogens is 2. The minimum atomic E-state index is 0.850. The molecule has 13 heavy (non-hydrogen) atoms. The number of nitrogens with zero attached hydrogens (tertiary/aromatic N) is 2. The van der Waals surface area contributed by atoms with E-state index in [1.807, 2.05) is 10.8 Å². The van der Waals surface area contributed by atoms with Crippen LogP contribution in [0.25, 0.3) is 0 Å². The van der Waals surface area contributed by atoms with Crippen LogP contribution in [0.5, 0.6) is 5.75 Å². The summed E-state index contributed by atoms with van der Waals surface area (Å²) in [7, 11) is 0.943. The van der Waals surface area contributed by atoms with Gasteiger partial charge in [0.2, 0.25) is 0 Å². The summed E-state index contributed by atoms with van der Waals surface area (Å²) in [5.74, 6) is 1.00. The number of hydrogen-bond acceptors (Lipinski definition) is 2. The molecule has 2 rings (SSSR count). The van der Waals surface area contributed by atoms with E-state index in [4.69, 9.17) is 4.74 Å². The average Bonchev–Trinajstić information content (AvgIpc) is 2.46. The number of hydrogen-bond donors (Lipinski definition) is 0. The van der Waals surface area contributed by atoms with Crippen LogP contribution in [0, 0.1) is 0 Å². The Morgan fingerprint density at radius 2 is 2.38 bits per heavy atom. The van der Waals surface area contributed by atoms with E-state index in [0.29, 0.717) is 0 Å². The van der Waals surface area contributed by atoms with Gasteiger partial charge in [-0.2, -0.15) is 5.10 Å². The van der Waals surface area contributed by atoms with Crippen LogP contribution in [0.2, 0.25) is 6.82 Å². The molecule has 1 aromatic heterocycles. The molecule has 0 saturated carbocycles. The largest absolute Gasteiger partial charge is 0.490 e. The van der Waals surface area contributed by atoms with Crippen molar-refractivity contribution in [3.8, 4) is 5.75 Å². The Kier molecular flexibility index (Phi) is 2.57. The van der Waals surface area contributed by atoms with E-state index in [1.165, 1.54) is 25.0 Å². The molecule has 0 saturated heterocycles. The van der Waals surface area contributed by atoms with Crippen molar-refractivity contribution in [2.75, 3.05) is 6.61 Å². The fourth-order valence-electron chi connectivity index (χ4n) is 1.79. The Balaban J connectivity index is 2.25. The van der Waals surface area contributed by atoms with Crippen molar-refractivity contribution in [2.24, 2.45) is 0 Å². The van der Waals surface area contributed by atoms with Gasteiger partial charge in [0.1, 0.15) is 0 Å². The van der Waals surface area contributed by atoms with Crippen molar-refractivity contribution in [1.82, 2.24) is 9.69 Å². The molecule has 0 aliphatic carbocycles. The maximum absolute atomic E-state index is 5.63. The van der Waals surface area contributed by atoms with Crippen molar-refractivity contribution in [3.05, 3.63) is 11.9 Å². The highest BCUT2D eigenvalue weighted by molar-refractivity contribution is 6.31. The maximum Gasteiger partial charge on any atom is 0.263 e. The van der Waals surface area contributed by atoms with E-state index < -0.39 is 0 Å². The summed E-state index contributed by atoms with van der Waals surface area (Å²) < 4.78 is 7.67. The average molecular weight is 178 g/mol. The van der Waals surface area contributed by atoms with Gasteiger partial charge in [-0.15, -0.1) is 0 Å². The van der Waals surface area contributed by atoms with Crippen LogP contribution in [0.1, 0.15) is 25.0 Å².